The highest BCUT2D eigenvalue weighted by Gasteiger charge is 2.07. The Hall–Kier alpha value is -2.83. The molecule has 0 aliphatic carbocycles. The number of rotatable bonds is 5. The van der Waals surface area contributed by atoms with Crippen molar-refractivity contribution in [1.82, 2.24) is 14.8 Å². The number of oxazole rings is 1. The van der Waals surface area contributed by atoms with Gasteiger partial charge >= 0.3 is 6.08 Å². The third-order valence-corrected chi connectivity index (χ3v) is 2.63. The van der Waals surface area contributed by atoms with Crippen molar-refractivity contribution in [2.75, 3.05) is 6.61 Å². The quantitative estimate of drug-likeness (QED) is 0.746. The van der Waals surface area contributed by atoms with Crippen molar-refractivity contribution in [3.8, 4) is 6.08 Å². The summed E-state index contributed by atoms with van der Waals surface area (Å²) in [5.41, 5.74) is 6.60. The molecular formula is C13H11N4O3. The lowest BCUT2D eigenvalue weighted by Gasteiger charge is -2.01. The number of carbonyl (C=O) groups is 1. The first-order valence-electron chi connectivity index (χ1n) is 5.96. The zero-order valence-corrected chi connectivity index (χ0v) is 10.4. The van der Waals surface area contributed by atoms with Gasteiger partial charge in [0, 0.05) is 12.3 Å². The Kier molecular flexibility index (Phi) is 3.08. The van der Waals surface area contributed by atoms with Crippen molar-refractivity contribution in [2.45, 2.75) is 6.54 Å². The second kappa shape index (κ2) is 5.04. The minimum absolute atomic E-state index is 0.104. The summed E-state index contributed by atoms with van der Waals surface area (Å²) >= 11 is 0. The highest BCUT2D eigenvalue weighted by atomic mass is 16.6. The van der Waals surface area contributed by atoms with E-state index in [2.05, 4.69) is 16.1 Å². The van der Waals surface area contributed by atoms with E-state index in [1.54, 1.807) is 0 Å². The van der Waals surface area contributed by atoms with Crippen LogP contribution in [-0.2, 0) is 6.54 Å². The number of nitrogens with two attached hydrogens (primary N) is 1. The van der Waals surface area contributed by atoms with Gasteiger partial charge in [-0.05, 0) is 12.1 Å². The Morgan fingerprint density at radius 1 is 1.45 bits per heavy atom. The minimum atomic E-state index is -0.608. The lowest BCUT2D eigenvalue weighted by atomic mass is 10.3. The molecule has 2 heterocycles. The fourth-order valence-electron chi connectivity index (χ4n) is 1.70. The van der Waals surface area contributed by atoms with Crippen molar-refractivity contribution < 1.29 is 13.9 Å². The van der Waals surface area contributed by atoms with Crippen LogP contribution in [0.3, 0.4) is 0 Å². The van der Waals surface area contributed by atoms with Crippen LogP contribution >= 0.6 is 0 Å². The number of carbonyl (C=O) groups excluding carboxylic acids is 1. The van der Waals surface area contributed by atoms with Crippen LogP contribution < -0.4 is 10.5 Å². The molecule has 0 aliphatic heterocycles. The molecule has 20 heavy (non-hydrogen) atoms. The number of hydrogen-bond donors (Lipinski definition) is 1. The molecule has 1 amide bonds. The highest BCUT2D eigenvalue weighted by Crippen LogP contribution is 2.19. The molecule has 1 radical (unpaired) electrons. The molecule has 0 bridgehead atoms. The van der Waals surface area contributed by atoms with E-state index in [9.17, 15) is 4.79 Å². The zero-order chi connectivity index (χ0) is 13.9. The third kappa shape index (κ3) is 2.46. The zero-order valence-electron chi connectivity index (χ0n) is 10.4. The number of primary amides is 1. The van der Waals surface area contributed by atoms with E-state index in [0.717, 1.165) is 5.52 Å². The van der Waals surface area contributed by atoms with Crippen LogP contribution in [0.25, 0.3) is 11.1 Å². The average molecular weight is 271 g/mol. The lowest BCUT2D eigenvalue weighted by molar-refractivity contribution is 0.0994. The molecule has 2 aromatic heterocycles. The highest BCUT2D eigenvalue weighted by molar-refractivity contribution is 5.90. The van der Waals surface area contributed by atoms with E-state index in [1.165, 1.54) is 10.9 Å². The summed E-state index contributed by atoms with van der Waals surface area (Å²) in [4.78, 5) is 15.0. The predicted octanol–water partition coefficient (Wildman–Crippen LogP) is 1.00. The first-order valence-corrected chi connectivity index (χ1v) is 5.96. The first kappa shape index (κ1) is 12.2. The van der Waals surface area contributed by atoms with E-state index < -0.39 is 5.91 Å². The SMILES string of the molecule is NC(=O)c1[c]cn(CCOc2nc3ccccc3o2)n1. The topological polar surface area (TPSA) is 96.2 Å². The number of aromatic nitrogens is 3. The van der Waals surface area contributed by atoms with E-state index in [4.69, 9.17) is 14.9 Å². The van der Waals surface area contributed by atoms with E-state index in [0.29, 0.717) is 18.7 Å². The minimum Gasteiger partial charge on any atom is -0.448 e. The standard InChI is InChI=1S/C13H11N4O3/c14-12(18)10-5-6-17(16-10)7-8-19-13-15-9-3-1-2-4-11(9)20-13/h1-4,6H,7-8H2,(H2,14,18). The summed E-state index contributed by atoms with van der Waals surface area (Å²) in [5.74, 6) is -0.608. The van der Waals surface area contributed by atoms with Crippen molar-refractivity contribution >= 4 is 17.0 Å². The monoisotopic (exact) mass is 271 g/mol. The third-order valence-electron chi connectivity index (χ3n) is 2.63. The van der Waals surface area contributed by atoms with Crippen LogP contribution in [0.5, 0.6) is 6.08 Å². The van der Waals surface area contributed by atoms with Crippen molar-refractivity contribution in [3.63, 3.8) is 0 Å². The molecule has 101 valence electrons. The van der Waals surface area contributed by atoms with Crippen molar-refractivity contribution in [3.05, 3.63) is 42.2 Å². The van der Waals surface area contributed by atoms with Crippen LogP contribution in [0.2, 0.25) is 0 Å². The molecule has 0 saturated heterocycles. The molecule has 0 atom stereocenters. The van der Waals surface area contributed by atoms with Gasteiger partial charge in [0.2, 0.25) is 0 Å². The molecule has 0 fully saturated rings. The number of amides is 1. The molecule has 7 heteroatoms. The molecule has 2 N–H and O–H groups in total. The second-order valence-electron chi connectivity index (χ2n) is 4.05. The summed E-state index contributed by atoms with van der Waals surface area (Å²) in [7, 11) is 0. The Balaban J connectivity index is 1.60. The lowest BCUT2D eigenvalue weighted by Crippen LogP contribution is -2.14. The van der Waals surface area contributed by atoms with Gasteiger partial charge in [-0.15, -0.1) is 0 Å². The Bertz CT molecular complexity index is 714. The Morgan fingerprint density at radius 2 is 2.30 bits per heavy atom. The summed E-state index contributed by atoms with van der Waals surface area (Å²) in [6.45, 7) is 0.739. The molecule has 7 nitrogen and oxygen atoms in total. The van der Waals surface area contributed by atoms with Gasteiger partial charge in [0.05, 0.1) is 6.54 Å². The normalized spacial score (nSPS) is 10.8. The number of fused-ring (bicyclic) bond motifs is 1. The van der Waals surface area contributed by atoms with Crippen LogP contribution in [0.4, 0.5) is 0 Å². The van der Waals surface area contributed by atoms with Gasteiger partial charge < -0.3 is 14.9 Å². The first-order chi connectivity index (χ1) is 9.72. The maximum atomic E-state index is 10.9. The molecule has 0 spiro atoms. The molecule has 0 unspecified atom stereocenters. The number of hydrogen-bond acceptors (Lipinski definition) is 5. The number of para-hydroxylation sites is 2. The van der Waals surface area contributed by atoms with E-state index >= 15 is 0 Å². The van der Waals surface area contributed by atoms with Gasteiger partial charge in [-0.3, -0.25) is 9.48 Å². The predicted molar refractivity (Wildman–Crippen MR) is 69.1 cm³/mol. The number of benzene rings is 1. The summed E-state index contributed by atoms with van der Waals surface area (Å²) in [6.07, 6.45) is 1.74. The van der Waals surface area contributed by atoms with Gasteiger partial charge in [0.1, 0.15) is 12.1 Å². The van der Waals surface area contributed by atoms with E-state index in [1.807, 2.05) is 24.3 Å². The fraction of sp³-hybridized carbons (Fsp3) is 0.154. The molecule has 3 rings (SSSR count). The molecule has 0 saturated carbocycles. The van der Waals surface area contributed by atoms with Gasteiger partial charge in [0.25, 0.3) is 5.91 Å². The van der Waals surface area contributed by atoms with Gasteiger partial charge in [0.15, 0.2) is 11.3 Å². The fourth-order valence-corrected chi connectivity index (χ4v) is 1.70. The molecule has 1 aromatic carbocycles. The van der Waals surface area contributed by atoms with Gasteiger partial charge in [-0.1, -0.05) is 12.1 Å². The Morgan fingerprint density at radius 3 is 3.05 bits per heavy atom. The number of nitrogens with zero attached hydrogens (tertiary/aromatic N) is 3. The van der Waals surface area contributed by atoms with Crippen LogP contribution in [0.1, 0.15) is 10.5 Å². The van der Waals surface area contributed by atoms with Gasteiger partial charge in [-0.25, -0.2) is 0 Å². The smallest absolute Gasteiger partial charge is 0.394 e. The second-order valence-corrected chi connectivity index (χ2v) is 4.05. The van der Waals surface area contributed by atoms with Crippen molar-refractivity contribution in [1.29, 1.82) is 0 Å². The van der Waals surface area contributed by atoms with Crippen molar-refractivity contribution in [2.24, 2.45) is 5.73 Å². The van der Waals surface area contributed by atoms with Crippen LogP contribution in [-0.4, -0.2) is 27.3 Å². The van der Waals surface area contributed by atoms with Gasteiger partial charge in [-0.2, -0.15) is 10.1 Å². The largest absolute Gasteiger partial charge is 0.448 e. The molecule has 0 aliphatic rings. The molecular weight excluding hydrogens is 260 g/mol. The summed E-state index contributed by atoms with van der Waals surface area (Å²) in [6, 6.07) is 10.1. The van der Waals surface area contributed by atoms with E-state index in [-0.39, 0.29) is 11.8 Å². The number of ether oxygens (including phenoxy) is 1. The molecule has 3 aromatic rings. The average Bonchev–Trinajstić information content (AvgIpc) is 3.04. The maximum Gasteiger partial charge on any atom is 0.394 e. The van der Waals surface area contributed by atoms with Crippen LogP contribution in [0.15, 0.2) is 34.9 Å². The summed E-state index contributed by atoms with van der Waals surface area (Å²) < 4.78 is 12.3. The maximum absolute atomic E-state index is 10.9. The Labute approximate surface area is 114 Å². The summed E-state index contributed by atoms with van der Waals surface area (Å²) in [5, 5.41) is 3.94. The van der Waals surface area contributed by atoms with Crippen LogP contribution in [0, 0.1) is 6.07 Å².